The zero-order valence-corrected chi connectivity index (χ0v) is 18.3. The number of nitrogens with two attached hydrogens (primary N) is 1. The van der Waals surface area contributed by atoms with Crippen LogP contribution in [-0.4, -0.2) is 21.7 Å². The number of para-hydroxylation sites is 1. The minimum Gasteiger partial charge on any atom is -0.366 e. The number of halogens is 2. The summed E-state index contributed by atoms with van der Waals surface area (Å²) in [4.78, 5) is 32.8. The second-order valence-electron chi connectivity index (χ2n) is 7.19. The molecule has 160 valence electrons. The van der Waals surface area contributed by atoms with E-state index in [-0.39, 0.29) is 12.2 Å². The van der Waals surface area contributed by atoms with Crippen molar-refractivity contribution in [1.29, 1.82) is 0 Å². The van der Waals surface area contributed by atoms with Gasteiger partial charge in [-0.25, -0.2) is 9.97 Å². The molecule has 0 bridgehead atoms. The smallest absolute Gasteiger partial charge is 0.250 e. The summed E-state index contributed by atoms with van der Waals surface area (Å²) in [7, 11) is 0. The fraction of sp³-hybridized carbons (Fsp3) is 0.0833. The number of ketones is 1. The maximum atomic E-state index is 12.6. The quantitative estimate of drug-likeness (QED) is 0.371. The Kier molecular flexibility index (Phi) is 6.35. The fourth-order valence-electron chi connectivity index (χ4n) is 3.42. The van der Waals surface area contributed by atoms with Crippen molar-refractivity contribution in [3.05, 3.63) is 99.3 Å². The van der Waals surface area contributed by atoms with Gasteiger partial charge in [0.05, 0.1) is 21.1 Å². The fourth-order valence-corrected chi connectivity index (χ4v) is 3.72. The molecule has 0 unspecified atom stereocenters. The normalized spacial score (nSPS) is 10.8. The Hall–Kier alpha value is -3.48. The lowest BCUT2D eigenvalue weighted by Gasteiger charge is -2.11. The monoisotopic (exact) mass is 464 g/mol. The number of nitrogens with zero attached hydrogens (tertiary/aromatic N) is 2. The molecule has 3 N–H and O–H groups in total. The first-order chi connectivity index (χ1) is 15.4. The van der Waals surface area contributed by atoms with Crippen molar-refractivity contribution < 1.29 is 9.59 Å². The third kappa shape index (κ3) is 4.72. The van der Waals surface area contributed by atoms with Gasteiger partial charge < -0.3 is 11.1 Å². The first-order valence-electron chi connectivity index (χ1n) is 9.76. The molecular weight excluding hydrogens is 447 g/mol. The van der Waals surface area contributed by atoms with Gasteiger partial charge >= 0.3 is 0 Å². The van der Waals surface area contributed by atoms with Crippen molar-refractivity contribution in [3.8, 4) is 0 Å². The number of rotatable bonds is 7. The molecule has 0 atom stereocenters. The van der Waals surface area contributed by atoms with Gasteiger partial charge in [-0.2, -0.15) is 0 Å². The van der Waals surface area contributed by atoms with Gasteiger partial charge in [-0.3, -0.25) is 9.59 Å². The van der Waals surface area contributed by atoms with Crippen LogP contribution in [-0.2, 0) is 13.0 Å². The number of benzene rings is 3. The van der Waals surface area contributed by atoms with E-state index in [1.54, 1.807) is 30.3 Å². The van der Waals surface area contributed by atoms with E-state index in [0.717, 1.165) is 11.1 Å². The molecule has 0 aliphatic rings. The molecule has 0 saturated carbocycles. The molecule has 0 spiro atoms. The van der Waals surface area contributed by atoms with Gasteiger partial charge in [0.1, 0.15) is 12.1 Å². The third-order valence-corrected chi connectivity index (χ3v) is 5.73. The molecule has 8 heteroatoms. The zero-order chi connectivity index (χ0) is 22.7. The predicted molar refractivity (Wildman–Crippen MR) is 126 cm³/mol. The van der Waals surface area contributed by atoms with Crippen LogP contribution in [0.1, 0.15) is 31.8 Å². The van der Waals surface area contributed by atoms with Gasteiger partial charge in [0, 0.05) is 23.9 Å². The predicted octanol–water partition coefficient (Wildman–Crippen LogP) is 5.07. The molecule has 0 aliphatic carbocycles. The van der Waals surface area contributed by atoms with Crippen molar-refractivity contribution >= 4 is 51.6 Å². The maximum Gasteiger partial charge on any atom is 0.250 e. The Labute approximate surface area is 194 Å². The molecule has 0 aliphatic heterocycles. The number of Topliss-reactive ketones (excluding diaryl/α,β-unsaturated/α-hetero) is 1. The summed E-state index contributed by atoms with van der Waals surface area (Å²) in [6.07, 6.45) is 1.63. The molecule has 4 rings (SSSR count). The van der Waals surface area contributed by atoms with Crippen molar-refractivity contribution in [3.63, 3.8) is 0 Å². The van der Waals surface area contributed by atoms with Gasteiger partial charge in [0.15, 0.2) is 5.78 Å². The number of primary amides is 1. The van der Waals surface area contributed by atoms with Gasteiger partial charge in [-0.05, 0) is 41.5 Å². The highest BCUT2D eigenvalue weighted by Gasteiger charge is 2.12. The molecule has 32 heavy (non-hydrogen) atoms. The lowest BCUT2D eigenvalue weighted by Crippen LogP contribution is -2.12. The molecule has 1 heterocycles. The highest BCUT2D eigenvalue weighted by molar-refractivity contribution is 6.42. The van der Waals surface area contributed by atoms with E-state index in [1.165, 1.54) is 6.33 Å². The number of aromatic nitrogens is 2. The lowest BCUT2D eigenvalue weighted by molar-refractivity contribution is 0.0988. The van der Waals surface area contributed by atoms with Crippen LogP contribution in [0.4, 0.5) is 5.82 Å². The molecule has 1 amide bonds. The molecule has 6 nitrogen and oxygen atoms in total. The minimum atomic E-state index is -0.542. The minimum absolute atomic E-state index is 0.0468. The molecule has 4 aromatic rings. The Balaban J connectivity index is 1.50. The van der Waals surface area contributed by atoms with Crippen molar-refractivity contribution in [2.75, 3.05) is 5.32 Å². The highest BCUT2D eigenvalue weighted by atomic mass is 35.5. The molecule has 1 aromatic heterocycles. The summed E-state index contributed by atoms with van der Waals surface area (Å²) in [5, 5.41) is 4.75. The Morgan fingerprint density at radius 1 is 0.906 bits per heavy atom. The van der Waals surface area contributed by atoms with Gasteiger partial charge in [0.2, 0.25) is 0 Å². The number of hydrogen-bond donors (Lipinski definition) is 2. The largest absolute Gasteiger partial charge is 0.366 e. The Morgan fingerprint density at radius 3 is 2.47 bits per heavy atom. The highest BCUT2D eigenvalue weighted by Crippen LogP contribution is 2.24. The van der Waals surface area contributed by atoms with E-state index < -0.39 is 5.91 Å². The van der Waals surface area contributed by atoms with E-state index in [2.05, 4.69) is 15.3 Å². The zero-order valence-electron chi connectivity index (χ0n) is 16.8. The number of carbonyl (C=O) groups excluding carboxylic acids is 2. The summed E-state index contributed by atoms with van der Waals surface area (Å²) in [5.74, 6) is 0.00410. The Morgan fingerprint density at radius 2 is 1.69 bits per heavy atom. The summed E-state index contributed by atoms with van der Waals surface area (Å²) < 4.78 is 0. The van der Waals surface area contributed by atoms with Crippen LogP contribution in [0.25, 0.3) is 10.9 Å². The molecule has 0 fully saturated rings. The first-order valence-corrected chi connectivity index (χ1v) is 10.5. The summed E-state index contributed by atoms with van der Waals surface area (Å²) in [5.41, 5.74) is 8.66. The maximum absolute atomic E-state index is 12.6. The number of carbonyl (C=O) groups is 2. The standard InChI is InChI=1S/C24H18Cl2N4O2/c25-19-8-7-16(11-20(19)26)21(31)10-14-3-1-4-15(9-14)12-28-24-18-6-2-5-17(23(27)32)22(18)29-13-30-24/h1-9,11,13H,10,12H2,(H2,27,32)(H,28,29,30). The van der Waals surface area contributed by atoms with Crippen molar-refractivity contribution in [1.82, 2.24) is 9.97 Å². The van der Waals surface area contributed by atoms with E-state index >= 15 is 0 Å². The average Bonchev–Trinajstić information content (AvgIpc) is 2.79. The summed E-state index contributed by atoms with van der Waals surface area (Å²) in [6.45, 7) is 0.474. The molecule has 0 radical (unpaired) electrons. The van der Waals surface area contributed by atoms with E-state index in [1.807, 2.05) is 30.3 Å². The summed E-state index contributed by atoms with van der Waals surface area (Å²) in [6, 6.07) is 17.8. The van der Waals surface area contributed by atoms with Crippen LogP contribution in [0.2, 0.25) is 10.0 Å². The lowest BCUT2D eigenvalue weighted by atomic mass is 10.0. The van der Waals surface area contributed by atoms with Crippen LogP contribution < -0.4 is 11.1 Å². The van der Waals surface area contributed by atoms with Crippen LogP contribution >= 0.6 is 23.2 Å². The number of amides is 1. The van der Waals surface area contributed by atoms with E-state index in [4.69, 9.17) is 28.9 Å². The molecule has 0 saturated heterocycles. The summed E-state index contributed by atoms with van der Waals surface area (Å²) >= 11 is 12.0. The SMILES string of the molecule is NC(=O)c1cccc2c(NCc3cccc(CC(=O)c4ccc(Cl)c(Cl)c4)c3)ncnc12. The van der Waals surface area contributed by atoms with Gasteiger partial charge in [0.25, 0.3) is 5.91 Å². The molecular formula is C24H18Cl2N4O2. The number of hydrogen-bond acceptors (Lipinski definition) is 5. The third-order valence-electron chi connectivity index (χ3n) is 4.99. The molecule has 3 aromatic carbocycles. The van der Waals surface area contributed by atoms with Crippen LogP contribution in [0.15, 0.2) is 67.0 Å². The van der Waals surface area contributed by atoms with Gasteiger partial charge in [-0.1, -0.05) is 53.5 Å². The van der Waals surface area contributed by atoms with Crippen LogP contribution in [0.3, 0.4) is 0 Å². The van der Waals surface area contributed by atoms with Crippen LogP contribution in [0, 0.1) is 0 Å². The Bertz CT molecular complexity index is 1340. The van der Waals surface area contributed by atoms with E-state index in [0.29, 0.717) is 44.4 Å². The van der Waals surface area contributed by atoms with Crippen LogP contribution in [0.5, 0.6) is 0 Å². The van der Waals surface area contributed by atoms with Crippen molar-refractivity contribution in [2.45, 2.75) is 13.0 Å². The van der Waals surface area contributed by atoms with Crippen molar-refractivity contribution in [2.24, 2.45) is 5.73 Å². The topological polar surface area (TPSA) is 98.0 Å². The number of nitrogens with one attached hydrogen (secondary N) is 1. The second-order valence-corrected chi connectivity index (χ2v) is 8.01. The second kappa shape index (κ2) is 9.34. The number of anilines is 1. The van der Waals surface area contributed by atoms with Gasteiger partial charge in [-0.15, -0.1) is 0 Å². The van der Waals surface area contributed by atoms with E-state index in [9.17, 15) is 9.59 Å². The first kappa shape index (κ1) is 21.7. The average molecular weight is 465 g/mol. The number of fused-ring (bicyclic) bond motifs is 1.